The molecule has 2 atom stereocenters. The third kappa shape index (κ3) is 4.47. The normalized spacial score (nSPS) is 16.3. The fourth-order valence-electron chi connectivity index (χ4n) is 0.608. The van der Waals surface area contributed by atoms with Crippen LogP contribution >= 0.6 is 0 Å². The van der Waals surface area contributed by atoms with Crippen molar-refractivity contribution in [2.45, 2.75) is 33.2 Å². The third-order valence-corrected chi connectivity index (χ3v) is 0.999. The summed E-state index contributed by atoms with van der Waals surface area (Å²) in [4.78, 5) is 10.1. The molecule has 0 aliphatic heterocycles. The molecular formula is C7H14O3. The second kappa shape index (κ2) is 5.38. The number of carbonyl (C=O) groups is 1. The highest BCUT2D eigenvalue weighted by molar-refractivity contribution is 5.55. The van der Waals surface area contributed by atoms with Crippen molar-refractivity contribution in [3.8, 4) is 0 Å². The molecule has 0 radical (unpaired) electrons. The Morgan fingerprint density at radius 2 is 2.10 bits per heavy atom. The van der Waals surface area contributed by atoms with Crippen LogP contribution in [-0.2, 0) is 14.3 Å². The zero-order chi connectivity index (χ0) is 7.98. The van der Waals surface area contributed by atoms with E-state index in [1.54, 1.807) is 13.8 Å². The van der Waals surface area contributed by atoms with Crippen molar-refractivity contribution in [3.05, 3.63) is 0 Å². The average Bonchev–Trinajstić information content (AvgIpc) is 1.88. The maximum absolute atomic E-state index is 10.1. The lowest BCUT2D eigenvalue weighted by Crippen LogP contribution is -2.20. The molecule has 3 heteroatoms. The molecular weight excluding hydrogens is 132 g/mol. The van der Waals surface area contributed by atoms with Crippen LogP contribution in [0.4, 0.5) is 0 Å². The molecule has 10 heavy (non-hydrogen) atoms. The maximum Gasteiger partial charge on any atom is 0.155 e. The minimum atomic E-state index is -0.374. The monoisotopic (exact) mass is 146 g/mol. The highest BCUT2D eigenvalue weighted by atomic mass is 16.7. The van der Waals surface area contributed by atoms with E-state index in [1.165, 1.54) is 0 Å². The van der Waals surface area contributed by atoms with Crippen LogP contribution in [0.25, 0.3) is 0 Å². The summed E-state index contributed by atoms with van der Waals surface area (Å²) >= 11 is 0. The van der Waals surface area contributed by atoms with Crippen LogP contribution < -0.4 is 0 Å². The van der Waals surface area contributed by atoms with Gasteiger partial charge < -0.3 is 14.3 Å². The summed E-state index contributed by atoms with van der Waals surface area (Å²) < 4.78 is 10.1. The predicted molar refractivity (Wildman–Crippen MR) is 37.7 cm³/mol. The van der Waals surface area contributed by atoms with Gasteiger partial charge >= 0.3 is 0 Å². The van der Waals surface area contributed by atoms with Gasteiger partial charge in [0.05, 0.1) is 0 Å². The number of carbonyl (C=O) groups excluding carboxylic acids is 1. The summed E-state index contributed by atoms with van der Waals surface area (Å²) in [6, 6.07) is 0. The molecule has 0 aliphatic carbocycles. The Morgan fingerprint density at radius 3 is 2.50 bits per heavy atom. The lowest BCUT2D eigenvalue weighted by Gasteiger charge is -2.14. The van der Waals surface area contributed by atoms with E-state index in [-0.39, 0.29) is 12.4 Å². The topological polar surface area (TPSA) is 35.5 Å². The van der Waals surface area contributed by atoms with E-state index >= 15 is 0 Å². The van der Waals surface area contributed by atoms with E-state index in [4.69, 9.17) is 9.47 Å². The minimum Gasteiger partial charge on any atom is -0.353 e. The summed E-state index contributed by atoms with van der Waals surface area (Å²) in [5.74, 6) is 0. The van der Waals surface area contributed by atoms with Gasteiger partial charge in [-0.25, -0.2) is 0 Å². The van der Waals surface area contributed by atoms with Gasteiger partial charge in [0.15, 0.2) is 6.29 Å². The summed E-state index contributed by atoms with van der Waals surface area (Å²) in [5.41, 5.74) is 0. The number of hydrogen-bond donors (Lipinski definition) is 0. The van der Waals surface area contributed by atoms with Crippen LogP contribution in [0, 0.1) is 0 Å². The van der Waals surface area contributed by atoms with Crippen molar-refractivity contribution in [3.63, 3.8) is 0 Å². The van der Waals surface area contributed by atoms with Gasteiger partial charge in [0.2, 0.25) is 0 Å². The number of hydrogen-bond acceptors (Lipinski definition) is 3. The fourth-order valence-corrected chi connectivity index (χ4v) is 0.608. The smallest absolute Gasteiger partial charge is 0.155 e. The van der Waals surface area contributed by atoms with Crippen molar-refractivity contribution in [1.82, 2.24) is 0 Å². The van der Waals surface area contributed by atoms with Gasteiger partial charge in [-0.05, 0) is 20.8 Å². The van der Waals surface area contributed by atoms with Crippen molar-refractivity contribution in [1.29, 1.82) is 0 Å². The predicted octanol–water partition coefficient (Wildman–Crippen LogP) is 0.973. The van der Waals surface area contributed by atoms with Gasteiger partial charge in [0.25, 0.3) is 0 Å². The zero-order valence-electron chi connectivity index (χ0n) is 6.66. The molecule has 0 aromatic carbocycles. The standard InChI is InChI=1S/C7H14O3/c1-4-9-7(3)10-6(2)5-8/h5-7H,4H2,1-3H3. The van der Waals surface area contributed by atoms with Crippen molar-refractivity contribution < 1.29 is 14.3 Å². The zero-order valence-corrected chi connectivity index (χ0v) is 6.66. The Kier molecular flexibility index (Phi) is 5.16. The molecule has 0 aliphatic rings. The second-order valence-corrected chi connectivity index (χ2v) is 2.00. The first-order valence-corrected chi connectivity index (χ1v) is 3.43. The molecule has 0 rings (SSSR count). The molecule has 3 nitrogen and oxygen atoms in total. The average molecular weight is 146 g/mol. The van der Waals surface area contributed by atoms with Gasteiger partial charge in [-0.15, -0.1) is 0 Å². The summed E-state index contributed by atoms with van der Waals surface area (Å²) in [7, 11) is 0. The van der Waals surface area contributed by atoms with E-state index in [9.17, 15) is 4.79 Å². The second-order valence-electron chi connectivity index (χ2n) is 2.00. The first-order chi connectivity index (χ1) is 4.70. The van der Waals surface area contributed by atoms with Crippen LogP contribution in [0.5, 0.6) is 0 Å². The Hall–Kier alpha value is -0.410. The molecule has 0 aromatic rings. The summed E-state index contributed by atoms with van der Waals surface area (Å²) in [5, 5.41) is 0. The highest BCUT2D eigenvalue weighted by Gasteiger charge is 2.05. The van der Waals surface area contributed by atoms with E-state index in [1.807, 2.05) is 6.92 Å². The van der Waals surface area contributed by atoms with Crippen LogP contribution in [0.3, 0.4) is 0 Å². The highest BCUT2D eigenvalue weighted by Crippen LogP contribution is 1.96. The molecule has 2 unspecified atom stereocenters. The Labute approximate surface area is 61.3 Å². The van der Waals surface area contributed by atoms with Crippen molar-refractivity contribution >= 4 is 6.29 Å². The molecule has 0 spiro atoms. The van der Waals surface area contributed by atoms with E-state index in [0.29, 0.717) is 6.61 Å². The molecule has 0 fully saturated rings. The largest absolute Gasteiger partial charge is 0.353 e. The van der Waals surface area contributed by atoms with Crippen LogP contribution in [0.1, 0.15) is 20.8 Å². The van der Waals surface area contributed by atoms with Crippen LogP contribution in [0.15, 0.2) is 0 Å². The molecule has 0 saturated heterocycles. The van der Waals surface area contributed by atoms with E-state index in [2.05, 4.69) is 0 Å². The minimum absolute atomic E-state index is 0.287. The van der Waals surface area contributed by atoms with Gasteiger partial charge in [-0.1, -0.05) is 0 Å². The Bertz CT molecular complexity index is 92.9. The van der Waals surface area contributed by atoms with Crippen LogP contribution in [0.2, 0.25) is 0 Å². The molecule has 60 valence electrons. The van der Waals surface area contributed by atoms with Gasteiger partial charge in [-0.3, -0.25) is 0 Å². The molecule has 0 amide bonds. The molecule has 0 heterocycles. The van der Waals surface area contributed by atoms with Crippen molar-refractivity contribution in [2.24, 2.45) is 0 Å². The summed E-state index contributed by atoms with van der Waals surface area (Å²) in [6.45, 7) is 5.93. The van der Waals surface area contributed by atoms with Crippen LogP contribution in [-0.4, -0.2) is 25.3 Å². The lowest BCUT2D eigenvalue weighted by atomic mass is 10.4. The van der Waals surface area contributed by atoms with Gasteiger partial charge in [0, 0.05) is 6.61 Å². The fraction of sp³-hybridized carbons (Fsp3) is 0.857. The molecule has 0 N–H and O–H groups in total. The third-order valence-electron chi connectivity index (χ3n) is 0.999. The molecule has 0 bridgehead atoms. The molecule has 0 aromatic heterocycles. The van der Waals surface area contributed by atoms with E-state index < -0.39 is 0 Å². The van der Waals surface area contributed by atoms with Gasteiger partial charge in [-0.2, -0.15) is 0 Å². The lowest BCUT2D eigenvalue weighted by molar-refractivity contribution is -0.158. The first-order valence-electron chi connectivity index (χ1n) is 3.43. The molecule has 0 saturated carbocycles. The first kappa shape index (κ1) is 9.59. The Morgan fingerprint density at radius 1 is 1.50 bits per heavy atom. The van der Waals surface area contributed by atoms with Gasteiger partial charge in [0.1, 0.15) is 12.4 Å². The maximum atomic E-state index is 10.1. The number of rotatable bonds is 5. The SMILES string of the molecule is CCOC(C)OC(C)C=O. The number of ether oxygens (including phenoxy) is 2. The number of aldehydes is 1. The van der Waals surface area contributed by atoms with E-state index in [0.717, 1.165) is 6.29 Å². The quantitative estimate of drug-likeness (QED) is 0.428. The van der Waals surface area contributed by atoms with Crippen molar-refractivity contribution in [2.75, 3.05) is 6.61 Å². The Balaban J connectivity index is 3.36. The summed E-state index contributed by atoms with van der Waals surface area (Å²) in [6.07, 6.45) is 0.0851.